The number of ether oxygens (including phenoxy) is 7. The second-order valence-corrected chi connectivity index (χ2v) is 6.63. The summed E-state index contributed by atoms with van der Waals surface area (Å²) in [5.74, 6) is -3.25. The summed E-state index contributed by atoms with van der Waals surface area (Å²) in [7, 11) is 0. The Morgan fingerprint density at radius 3 is 1.68 bits per heavy atom. The molecule has 1 aliphatic rings. The van der Waals surface area contributed by atoms with Gasteiger partial charge in [0.15, 0.2) is 24.6 Å². The van der Waals surface area contributed by atoms with Crippen molar-refractivity contribution in [3.8, 4) is 0 Å². The van der Waals surface area contributed by atoms with Gasteiger partial charge in [0.05, 0.1) is 13.2 Å². The number of hydrogen-bond acceptors (Lipinski definition) is 12. The summed E-state index contributed by atoms with van der Waals surface area (Å²) in [6.45, 7) is 5.60. The Balaban J connectivity index is 3.11. The van der Waals surface area contributed by atoms with Crippen LogP contribution in [0.2, 0.25) is 0 Å². The molecule has 176 valence electrons. The molecule has 12 nitrogen and oxygen atoms in total. The van der Waals surface area contributed by atoms with E-state index >= 15 is 0 Å². The Bertz CT molecular complexity index is 660. The highest BCUT2D eigenvalue weighted by Crippen LogP contribution is 2.30. The lowest BCUT2D eigenvalue weighted by Gasteiger charge is -2.44. The van der Waals surface area contributed by atoms with Crippen molar-refractivity contribution in [2.45, 2.75) is 71.7 Å². The molecule has 1 fully saturated rings. The van der Waals surface area contributed by atoms with Crippen LogP contribution in [-0.4, -0.2) is 80.4 Å². The second-order valence-electron chi connectivity index (χ2n) is 6.63. The van der Waals surface area contributed by atoms with Gasteiger partial charge in [-0.25, -0.2) is 0 Å². The number of rotatable bonds is 10. The van der Waals surface area contributed by atoms with Crippen molar-refractivity contribution in [1.82, 2.24) is 0 Å². The molecule has 0 radical (unpaired) electrons. The maximum Gasteiger partial charge on any atom is 0.303 e. The summed E-state index contributed by atoms with van der Waals surface area (Å²) in [5.41, 5.74) is 0. The van der Waals surface area contributed by atoms with Gasteiger partial charge >= 0.3 is 29.8 Å². The standard InChI is InChI=1S/C19H28O12/c1-10(20)25-7-6-8-26-19-18(30-14(5)24)17(29-13(4)23)16(28-12(3)22)15(31-19)9-27-11(2)21/h15-19H,6-9H2,1-5H3/t15-,16+,17-,18-,19-/m0/s1. The van der Waals surface area contributed by atoms with Crippen LogP contribution >= 0.6 is 0 Å². The maximum atomic E-state index is 11.7. The zero-order chi connectivity index (χ0) is 23.6. The normalized spacial score (nSPS) is 25.1. The molecule has 0 aromatic heterocycles. The van der Waals surface area contributed by atoms with Crippen LogP contribution in [0.25, 0.3) is 0 Å². The van der Waals surface area contributed by atoms with Crippen molar-refractivity contribution in [1.29, 1.82) is 0 Å². The van der Waals surface area contributed by atoms with E-state index in [1.54, 1.807) is 0 Å². The van der Waals surface area contributed by atoms with Crippen molar-refractivity contribution in [2.75, 3.05) is 19.8 Å². The van der Waals surface area contributed by atoms with Gasteiger partial charge in [-0.15, -0.1) is 0 Å². The Morgan fingerprint density at radius 1 is 0.645 bits per heavy atom. The summed E-state index contributed by atoms with van der Waals surface area (Å²) >= 11 is 0. The molecule has 0 unspecified atom stereocenters. The third-order valence-electron chi connectivity index (χ3n) is 3.82. The predicted octanol–water partition coefficient (Wildman–Crippen LogP) is 0.0393. The molecule has 0 aromatic carbocycles. The maximum absolute atomic E-state index is 11.7. The number of esters is 5. The molecule has 0 spiro atoms. The minimum absolute atomic E-state index is 0.0288. The van der Waals surface area contributed by atoms with Gasteiger partial charge in [0.25, 0.3) is 0 Å². The first-order chi connectivity index (χ1) is 14.5. The summed E-state index contributed by atoms with van der Waals surface area (Å²) in [5, 5.41) is 0. The topological polar surface area (TPSA) is 150 Å². The molecule has 31 heavy (non-hydrogen) atoms. The van der Waals surface area contributed by atoms with Crippen LogP contribution in [0.15, 0.2) is 0 Å². The number of hydrogen-bond donors (Lipinski definition) is 0. The lowest BCUT2D eigenvalue weighted by atomic mass is 9.98. The van der Waals surface area contributed by atoms with Gasteiger partial charge in [-0.2, -0.15) is 0 Å². The Morgan fingerprint density at radius 2 is 1.16 bits per heavy atom. The number of carbonyl (C=O) groups is 5. The SMILES string of the molecule is CC(=O)OCCCO[C@H]1O[C@@H](COC(C)=O)[C@@H](OC(C)=O)[C@H](OC(C)=O)[C@@H]1OC(C)=O. The Hall–Kier alpha value is -2.73. The zero-order valence-electron chi connectivity index (χ0n) is 18.1. The van der Waals surface area contributed by atoms with E-state index in [1.165, 1.54) is 13.8 Å². The average Bonchev–Trinajstić information content (AvgIpc) is 2.62. The molecule has 1 saturated heterocycles. The van der Waals surface area contributed by atoms with Crippen LogP contribution in [0.1, 0.15) is 41.0 Å². The van der Waals surface area contributed by atoms with Crippen LogP contribution in [-0.2, 0) is 57.1 Å². The van der Waals surface area contributed by atoms with Crippen LogP contribution < -0.4 is 0 Å². The van der Waals surface area contributed by atoms with E-state index < -0.39 is 60.6 Å². The highest BCUT2D eigenvalue weighted by Gasteiger charge is 2.52. The van der Waals surface area contributed by atoms with Crippen molar-refractivity contribution in [3.05, 3.63) is 0 Å². The summed E-state index contributed by atoms with van der Waals surface area (Å²) < 4.78 is 36.9. The first-order valence-corrected chi connectivity index (χ1v) is 9.56. The lowest BCUT2D eigenvalue weighted by molar-refractivity contribution is -0.308. The van der Waals surface area contributed by atoms with E-state index in [1.807, 2.05) is 0 Å². The molecule has 0 bridgehead atoms. The van der Waals surface area contributed by atoms with Gasteiger partial charge in [0, 0.05) is 41.0 Å². The van der Waals surface area contributed by atoms with Gasteiger partial charge in [-0.05, 0) is 0 Å². The van der Waals surface area contributed by atoms with E-state index in [0.29, 0.717) is 6.42 Å². The summed E-state index contributed by atoms with van der Waals surface area (Å²) in [6, 6.07) is 0. The van der Waals surface area contributed by atoms with E-state index in [2.05, 4.69) is 0 Å². The molecule has 12 heteroatoms. The minimum Gasteiger partial charge on any atom is -0.466 e. The van der Waals surface area contributed by atoms with Gasteiger partial charge in [0.1, 0.15) is 12.7 Å². The van der Waals surface area contributed by atoms with E-state index in [9.17, 15) is 24.0 Å². The van der Waals surface area contributed by atoms with Crippen molar-refractivity contribution < 1.29 is 57.1 Å². The summed E-state index contributed by atoms with van der Waals surface area (Å²) in [6.07, 6.45) is -5.86. The van der Waals surface area contributed by atoms with Crippen molar-refractivity contribution in [3.63, 3.8) is 0 Å². The second kappa shape index (κ2) is 12.8. The van der Waals surface area contributed by atoms with Crippen molar-refractivity contribution in [2.24, 2.45) is 0 Å². The molecular weight excluding hydrogens is 420 g/mol. The van der Waals surface area contributed by atoms with E-state index in [4.69, 9.17) is 33.2 Å². The lowest BCUT2D eigenvalue weighted by Crippen LogP contribution is -2.63. The van der Waals surface area contributed by atoms with Crippen LogP contribution in [0.3, 0.4) is 0 Å². The molecule has 0 saturated carbocycles. The highest BCUT2D eigenvalue weighted by molar-refractivity contribution is 5.68. The Kier molecular flexibility index (Phi) is 10.9. The molecule has 0 amide bonds. The fraction of sp³-hybridized carbons (Fsp3) is 0.737. The molecule has 1 rings (SSSR count). The molecule has 0 N–H and O–H groups in total. The van der Waals surface area contributed by atoms with Crippen molar-refractivity contribution >= 4 is 29.8 Å². The quantitative estimate of drug-likeness (QED) is 0.252. The summed E-state index contributed by atoms with van der Waals surface area (Å²) in [4.78, 5) is 57.1. The van der Waals surface area contributed by atoms with Crippen LogP contribution in [0.4, 0.5) is 0 Å². The van der Waals surface area contributed by atoms with Gasteiger partial charge in [0.2, 0.25) is 0 Å². The van der Waals surface area contributed by atoms with Gasteiger partial charge in [-0.3, -0.25) is 24.0 Å². The first-order valence-electron chi connectivity index (χ1n) is 9.56. The highest BCUT2D eigenvalue weighted by atomic mass is 16.7. The van der Waals surface area contributed by atoms with Gasteiger partial charge in [-0.1, -0.05) is 0 Å². The average molecular weight is 448 g/mol. The number of carbonyl (C=O) groups excluding carboxylic acids is 5. The minimum atomic E-state index is -1.29. The predicted molar refractivity (Wildman–Crippen MR) is 99.2 cm³/mol. The third-order valence-corrected chi connectivity index (χ3v) is 3.82. The zero-order valence-corrected chi connectivity index (χ0v) is 18.1. The monoisotopic (exact) mass is 448 g/mol. The van der Waals surface area contributed by atoms with Crippen LogP contribution in [0.5, 0.6) is 0 Å². The fourth-order valence-corrected chi connectivity index (χ4v) is 2.80. The molecule has 0 aromatic rings. The first kappa shape index (κ1) is 26.3. The van der Waals surface area contributed by atoms with E-state index in [-0.39, 0.29) is 19.8 Å². The van der Waals surface area contributed by atoms with E-state index in [0.717, 1.165) is 20.8 Å². The van der Waals surface area contributed by atoms with Gasteiger partial charge < -0.3 is 33.2 Å². The molecule has 1 aliphatic heterocycles. The van der Waals surface area contributed by atoms with Crippen LogP contribution in [0, 0.1) is 0 Å². The smallest absolute Gasteiger partial charge is 0.303 e. The Labute approximate surface area is 179 Å². The molecule has 1 heterocycles. The molecule has 5 atom stereocenters. The molecular formula is C19H28O12. The fourth-order valence-electron chi connectivity index (χ4n) is 2.80. The third kappa shape index (κ3) is 9.75. The molecule has 0 aliphatic carbocycles. The largest absolute Gasteiger partial charge is 0.466 e.